The van der Waals surface area contributed by atoms with Crippen LogP contribution in [0, 0.1) is 0 Å². The third-order valence-corrected chi connectivity index (χ3v) is 2.75. The zero-order chi connectivity index (χ0) is 10.1. The van der Waals surface area contributed by atoms with Gasteiger partial charge < -0.3 is 5.73 Å². The van der Waals surface area contributed by atoms with E-state index in [1.807, 2.05) is 6.07 Å². The van der Waals surface area contributed by atoms with Crippen molar-refractivity contribution in [3.05, 3.63) is 34.9 Å². The highest BCUT2D eigenvalue weighted by Crippen LogP contribution is 2.26. The first-order chi connectivity index (χ1) is 6.66. The van der Waals surface area contributed by atoms with Gasteiger partial charge in [0.15, 0.2) is 0 Å². The molecule has 2 N–H and O–H groups in total. The molecule has 1 aliphatic rings. The van der Waals surface area contributed by atoms with Gasteiger partial charge in [0.2, 0.25) is 0 Å². The predicted octanol–water partition coefficient (Wildman–Crippen LogP) is 2.44. The number of hydrogen-bond acceptors (Lipinski definition) is 1. The Balaban J connectivity index is 2.33. The van der Waals surface area contributed by atoms with E-state index in [2.05, 4.69) is 0 Å². The minimum atomic E-state index is -2.38. The molecule has 76 valence electrons. The van der Waals surface area contributed by atoms with Crippen molar-refractivity contribution in [3.63, 3.8) is 0 Å². The van der Waals surface area contributed by atoms with E-state index in [4.69, 9.17) is 5.73 Å². The van der Waals surface area contributed by atoms with Crippen molar-refractivity contribution in [2.75, 3.05) is 0 Å². The monoisotopic (exact) mass is 197 g/mol. The summed E-state index contributed by atoms with van der Waals surface area (Å²) in [6.45, 7) is 0. The van der Waals surface area contributed by atoms with Crippen LogP contribution in [-0.2, 0) is 12.8 Å². The van der Waals surface area contributed by atoms with E-state index in [9.17, 15) is 8.78 Å². The van der Waals surface area contributed by atoms with Crippen LogP contribution < -0.4 is 5.73 Å². The van der Waals surface area contributed by atoms with Gasteiger partial charge in [-0.15, -0.1) is 0 Å². The number of fused-ring (bicyclic) bond motifs is 1. The van der Waals surface area contributed by atoms with Crippen LogP contribution in [0.5, 0.6) is 0 Å². The van der Waals surface area contributed by atoms with Gasteiger partial charge in [-0.1, -0.05) is 12.1 Å². The van der Waals surface area contributed by atoms with Gasteiger partial charge in [0, 0.05) is 11.6 Å². The minimum Gasteiger partial charge on any atom is -0.327 e. The second-order valence-electron chi connectivity index (χ2n) is 3.83. The Hall–Kier alpha value is -0.960. The Morgan fingerprint density at radius 3 is 2.79 bits per heavy atom. The molecule has 0 heterocycles. The van der Waals surface area contributed by atoms with Crippen LogP contribution in [0.3, 0.4) is 0 Å². The van der Waals surface area contributed by atoms with Gasteiger partial charge in [-0.3, -0.25) is 0 Å². The molecule has 1 aromatic rings. The van der Waals surface area contributed by atoms with E-state index in [-0.39, 0.29) is 11.6 Å². The molecule has 0 spiro atoms. The number of alkyl halides is 2. The number of halogens is 2. The van der Waals surface area contributed by atoms with Gasteiger partial charge in [0.1, 0.15) is 0 Å². The molecule has 0 aromatic heterocycles. The van der Waals surface area contributed by atoms with Crippen LogP contribution in [0.1, 0.15) is 29.5 Å². The Labute approximate surface area is 81.9 Å². The van der Waals surface area contributed by atoms with Crippen molar-refractivity contribution >= 4 is 0 Å². The zero-order valence-corrected chi connectivity index (χ0v) is 7.84. The van der Waals surface area contributed by atoms with Gasteiger partial charge in [-0.05, 0) is 36.5 Å². The van der Waals surface area contributed by atoms with E-state index in [1.54, 1.807) is 6.07 Å². The lowest BCUT2D eigenvalue weighted by atomic mass is 9.88. The van der Waals surface area contributed by atoms with Gasteiger partial charge in [0.05, 0.1) is 0 Å². The quantitative estimate of drug-likeness (QED) is 0.735. The SMILES string of the molecule is NC1CCc2ccc(C(F)F)cc2C1. The van der Waals surface area contributed by atoms with Crippen molar-refractivity contribution in [3.8, 4) is 0 Å². The first-order valence-electron chi connectivity index (χ1n) is 4.82. The second-order valence-corrected chi connectivity index (χ2v) is 3.83. The summed E-state index contributed by atoms with van der Waals surface area (Å²) < 4.78 is 24.8. The highest BCUT2D eigenvalue weighted by Gasteiger charge is 2.17. The van der Waals surface area contributed by atoms with Crippen molar-refractivity contribution in [1.29, 1.82) is 0 Å². The normalized spacial score (nSPS) is 21.0. The Morgan fingerprint density at radius 2 is 2.07 bits per heavy atom. The lowest BCUT2D eigenvalue weighted by Gasteiger charge is -2.21. The van der Waals surface area contributed by atoms with Crippen LogP contribution >= 0.6 is 0 Å². The number of nitrogens with two attached hydrogens (primary N) is 1. The minimum absolute atomic E-state index is 0.109. The molecule has 0 radical (unpaired) electrons. The van der Waals surface area contributed by atoms with Gasteiger partial charge >= 0.3 is 0 Å². The van der Waals surface area contributed by atoms with Gasteiger partial charge in [-0.25, -0.2) is 8.78 Å². The zero-order valence-electron chi connectivity index (χ0n) is 7.84. The fraction of sp³-hybridized carbons (Fsp3) is 0.455. The number of hydrogen-bond donors (Lipinski definition) is 1. The standard InChI is InChI=1S/C11H13F2N/c12-11(13)8-2-1-7-3-4-10(14)6-9(7)5-8/h1-2,5,10-11H,3-4,6,14H2. The molecule has 1 nitrogen and oxygen atoms in total. The molecular weight excluding hydrogens is 184 g/mol. The van der Waals surface area contributed by atoms with Crippen molar-refractivity contribution in [2.24, 2.45) is 5.73 Å². The molecule has 0 saturated carbocycles. The summed E-state index contributed by atoms with van der Waals surface area (Å²) in [6, 6.07) is 5.05. The van der Waals surface area contributed by atoms with Crippen LogP contribution in [0.15, 0.2) is 18.2 Å². The molecule has 2 rings (SSSR count). The molecule has 0 saturated heterocycles. The number of rotatable bonds is 1. The van der Waals surface area contributed by atoms with E-state index in [0.717, 1.165) is 24.8 Å². The third-order valence-electron chi connectivity index (χ3n) is 2.75. The molecule has 0 fully saturated rings. The van der Waals surface area contributed by atoms with Crippen molar-refractivity contribution < 1.29 is 8.78 Å². The first-order valence-corrected chi connectivity index (χ1v) is 4.82. The smallest absolute Gasteiger partial charge is 0.263 e. The molecule has 0 aliphatic heterocycles. The molecule has 0 amide bonds. The number of benzene rings is 1. The van der Waals surface area contributed by atoms with E-state index in [0.29, 0.717) is 0 Å². The maximum atomic E-state index is 12.4. The molecule has 3 heteroatoms. The predicted molar refractivity (Wildman–Crippen MR) is 51.4 cm³/mol. The molecular formula is C11H13F2N. The average Bonchev–Trinajstić information content (AvgIpc) is 2.16. The summed E-state index contributed by atoms with van der Waals surface area (Å²) in [5, 5.41) is 0. The summed E-state index contributed by atoms with van der Waals surface area (Å²) in [5.74, 6) is 0. The van der Waals surface area contributed by atoms with Crippen molar-refractivity contribution in [2.45, 2.75) is 31.7 Å². The maximum absolute atomic E-state index is 12.4. The van der Waals surface area contributed by atoms with Gasteiger partial charge in [0.25, 0.3) is 6.43 Å². The highest BCUT2D eigenvalue weighted by atomic mass is 19.3. The van der Waals surface area contributed by atoms with Crippen LogP contribution in [0.4, 0.5) is 8.78 Å². The van der Waals surface area contributed by atoms with Crippen LogP contribution in [0.2, 0.25) is 0 Å². The summed E-state index contributed by atoms with van der Waals surface area (Å²) in [6.07, 6.45) is 0.232. The van der Waals surface area contributed by atoms with E-state index >= 15 is 0 Å². The van der Waals surface area contributed by atoms with E-state index in [1.165, 1.54) is 11.6 Å². The fourth-order valence-corrected chi connectivity index (χ4v) is 1.94. The highest BCUT2D eigenvalue weighted by molar-refractivity contribution is 5.35. The van der Waals surface area contributed by atoms with E-state index < -0.39 is 6.43 Å². The lowest BCUT2D eigenvalue weighted by molar-refractivity contribution is 0.151. The maximum Gasteiger partial charge on any atom is 0.263 e. The van der Waals surface area contributed by atoms with Crippen LogP contribution in [0.25, 0.3) is 0 Å². The molecule has 1 atom stereocenters. The molecule has 1 aliphatic carbocycles. The molecule has 1 aromatic carbocycles. The summed E-state index contributed by atoms with van der Waals surface area (Å²) in [4.78, 5) is 0. The molecule has 14 heavy (non-hydrogen) atoms. The summed E-state index contributed by atoms with van der Waals surface area (Å²) in [5.41, 5.74) is 8.08. The first kappa shape index (κ1) is 9.59. The largest absolute Gasteiger partial charge is 0.327 e. The third kappa shape index (κ3) is 1.77. The number of aryl methyl sites for hydroxylation is 1. The Kier molecular flexibility index (Phi) is 2.50. The Morgan fingerprint density at radius 1 is 1.29 bits per heavy atom. The molecule has 0 bridgehead atoms. The summed E-state index contributed by atoms with van der Waals surface area (Å²) in [7, 11) is 0. The summed E-state index contributed by atoms with van der Waals surface area (Å²) >= 11 is 0. The van der Waals surface area contributed by atoms with Crippen LogP contribution in [-0.4, -0.2) is 6.04 Å². The van der Waals surface area contributed by atoms with Gasteiger partial charge in [-0.2, -0.15) is 0 Å². The molecule has 1 unspecified atom stereocenters. The Bertz CT molecular complexity index is 336. The topological polar surface area (TPSA) is 26.0 Å². The lowest BCUT2D eigenvalue weighted by Crippen LogP contribution is -2.27. The average molecular weight is 197 g/mol. The van der Waals surface area contributed by atoms with Crippen molar-refractivity contribution in [1.82, 2.24) is 0 Å². The fourth-order valence-electron chi connectivity index (χ4n) is 1.94. The second kappa shape index (κ2) is 3.65.